The Morgan fingerprint density at radius 3 is 2.72 bits per heavy atom. The van der Waals surface area contributed by atoms with Crippen LogP contribution < -0.4 is 5.32 Å². The van der Waals surface area contributed by atoms with Crippen LogP contribution in [0.3, 0.4) is 0 Å². The van der Waals surface area contributed by atoms with E-state index >= 15 is 0 Å². The van der Waals surface area contributed by atoms with Crippen molar-refractivity contribution < 1.29 is 4.79 Å². The molecule has 0 unspecified atom stereocenters. The topological polar surface area (TPSA) is 54.9 Å². The molecule has 0 saturated heterocycles. The SMILES string of the molecule is O=C(Nc1cccc2c1CCCC2)c1cc(-c2cccnc2)nc2ccccc12. The van der Waals surface area contributed by atoms with Crippen molar-refractivity contribution in [1.29, 1.82) is 0 Å². The van der Waals surface area contributed by atoms with Crippen LogP contribution in [-0.2, 0) is 12.8 Å². The summed E-state index contributed by atoms with van der Waals surface area (Å²) in [5.41, 5.74) is 6.62. The molecule has 1 N–H and O–H groups in total. The molecule has 0 saturated carbocycles. The van der Waals surface area contributed by atoms with Crippen LogP contribution in [0.2, 0.25) is 0 Å². The van der Waals surface area contributed by atoms with Crippen molar-refractivity contribution in [1.82, 2.24) is 9.97 Å². The Morgan fingerprint density at radius 1 is 0.931 bits per heavy atom. The van der Waals surface area contributed by atoms with Gasteiger partial charge in [0.15, 0.2) is 0 Å². The third kappa shape index (κ3) is 3.38. The first kappa shape index (κ1) is 17.6. The van der Waals surface area contributed by atoms with Gasteiger partial charge in [-0.25, -0.2) is 4.98 Å². The van der Waals surface area contributed by atoms with Gasteiger partial charge in [0.05, 0.1) is 16.8 Å². The molecule has 0 bridgehead atoms. The van der Waals surface area contributed by atoms with Gasteiger partial charge < -0.3 is 5.32 Å². The summed E-state index contributed by atoms with van der Waals surface area (Å²) in [4.78, 5) is 22.3. The van der Waals surface area contributed by atoms with E-state index in [1.54, 1.807) is 12.4 Å². The highest BCUT2D eigenvalue weighted by molar-refractivity contribution is 6.13. The Kier molecular flexibility index (Phi) is 4.53. The molecule has 0 atom stereocenters. The number of carbonyl (C=O) groups is 1. The van der Waals surface area contributed by atoms with E-state index in [2.05, 4.69) is 16.4 Å². The van der Waals surface area contributed by atoms with Crippen molar-refractivity contribution in [3.63, 3.8) is 0 Å². The first-order valence-corrected chi connectivity index (χ1v) is 10.0. The lowest BCUT2D eigenvalue weighted by Crippen LogP contribution is -2.16. The van der Waals surface area contributed by atoms with Crippen molar-refractivity contribution in [3.05, 3.63) is 89.7 Å². The minimum atomic E-state index is -0.104. The summed E-state index contributed by atoms with van der Waals surface area (Å²) >= 11 is 0. The molecule has 0 fully saturated rings. The molecule has 1 amide bonds. The monoisotopic (exact) mass is 379 g/mol. The van der Waals surface area contributed by atoms with E-state index in [4.69, 9.17) is 4.98 Å². The van der Waals surface area contributed by atoms with E-state index in [0.717, 1.165) is 40.7 Å². The molecule has 4 nitrogen and oxygen atoms in total. The number of nitrogens with zero attached hydrogens (tertiary/aromatic N) is 2. The van der Waals surface area contributed by atoms with Gasteiger partial charge in [0.1, 0.15) is 0 Å². The molecule has 142 valence electrons. The fourth-order valence-corrected chi connectivity index (χ4v) is 4.11. The number of anilines is 1. The van der Waals surface area contributed by atoms with Gasteiger partial charge in [-0.1, -0.05) is 30.3 Å². The number of hydrogen-bond donors (Lipinski definition) is 1. The summed E-state index contributed by atoms with van der Waals surface area (Å²) in [6.07, 6.45) is 7.99. The predicted octanol–water partition coefficient (Wildman–Crippen LogP) is 5.43. The number of rotatable bonds is 3. The second kappa shape index (κ2) is 7.47. The van der Waals surface area contributed by atoms with Gasteiger partial charge in [0.2, 0.25) is 0 Å². The van der Waals surface area contributed by atoms with Gasteiger partial charge in [0, 0.05) is 29.0 Å². The molecule has 0 aliphatic heterocycles. The zero-order valence-corrected chi connectivity index (χ0v) is 16.1. The van der Waals surface area contributed by atoms with E-state index in [9.17, 15) is 4.79 Å². The average molecular weight is 379 g/mol. The highest BCUT2D eigenvalue weighted by Crippen LogP contribution is 2.30. The normalized spacial score (nSPS) is 13.1. The Balaban J connectivity index is 1.58. The van der Waals surface area contributed by atoms with Crippen LogP contribution in [0.1, 0.15) is 34.3 Å². The molecule has 4 heteroatoms. The highest BCUT2D eigenvalue weighted by atomic mass is 16.1. The number of para-hydroxylation sites is 1. The van der Waals surface area contributed by atoms with Crippen molar-refractivity contribution in [3.8, 4) is 11.3 Å². The molecule has 0 spiro atoms. The van der Waals surface area contributed by atoms with Crippen LogP contribution in [0.5, 0.6) is 0 Å². The molecule has 4 aromatic rings. The second-order valence-corrected chi connectivity index (χ2v) is 7.42. The average Bonchev–Trinajstić information content (AvgIpc) is 2.79. The van der Waals surface area contributed by atoms with Crippen LogP contribution in [0.15, 0.2) is 73.1 Å². The van der Waals surface area contributed by atoms with E-state index in [0.29, 0.717) is 5.56 Å². The number of pyridine rings is 2. The quantitative estimate of drug-likeness (QED) is 0.516. The van der Waals surface area contributed by atoms with Crippen molar-refractivity contribution >= 4 is 22.5 Å². The summed E-state index contributed by atoms with van der Waals surface area (Å²) in [7, 11) is 0. The molecular weight excluding hydrogens is 358 g/mol. The van der Waals surface area contributed by atoms with Crippen molar-refractivity contribution in [2.45, 2.75) is 25.7 Å². The standard InChI is InChI=1S/C25H21N3O/c29-25(28-22-13-5-8-17-7-1-2-10-19(17)22)21-15-24(18-9-6-14-26-16-18)27-23-12-4-3-11-20(21)23/h3-6,8-9,11-16H,1-2,7,10H2,(H,28,29). The predicted molar refractivity (Wildman–Crippen MR) is 116 cm³/mol. The smallest absolute Gasteiger partial charge is 0.256 e. The van der Waals surface area contributed by atoms with Crippen molar-refractivity contribution in [2.24, 2.45) is 0 Å². The summed E-state index contributed by atoms with van der Waals surface area (Å²) in [5, 5.41) is 4.02. The second-order valence-electron chi connectivity index (χ2n) is 7.42. The van der Waals surface area contributed by atoms with Gasteiger partial charge in [0.25, 0.3) is 5.91 Å². The lowest BCUT2D eigenvalue weighted by atomic mass is 9.90. The van der Waals surface area contributed by atoms with Crippen molar-refractivity contribution in [2.75, 3.05) is 5.32 Å². The van der Waals surface area contributed by atoms with Crippen LogP contribution in [0.25, 0.3) is 22.2 Å². The summed E-state index contributed by atoms with van der Waals surface area (Å²) in [5.74, 6) is -0.104. The van der Waals surface area contributed by atoms with Gasteiger partial charge in [-0.3, -0.25) is 9.78 Å². The molecule has 5 rings (SSSR count). The zero-order chi connectivity index (χ0) is 19.6. The number of aromatic nitrogens is 2. The first-order chi connectivity index (χ1) is 14.3. The largest absolute Gasteiger partial charge is 0.322 e. The van der Waals surface area contributed by atoms with E-state index in [-0.39, 0.29) is 5.91 Å². The minimum absolute atomic E-state index is 0.104. The Hall–Kier alpha value is -3.53. The molecule has 2 aromatic carbocycles. The Morgan fingerprint density at radius 2 is 1.83 bits per heavy atom. The van der Waals surface area contributed by atoms with Gasteiger partial charge >= 0.3 is 0 Å². The van der Waals surface area contributed by atoms with E-state index in [1.807, 2.05) is 54.6 Å². The fraction of sp³-hybridized carbons (Fsp3) is 0.160. The summed E-state index contributed by atoms with van der Waals surface area (Å²) in [6, 6.07) is 19.7. The molecule has 1 aliphatic rings. The molecule has 2 aromatic heterocycles. The van der Waals surface area contributed by atoms with Gasteiger partial charge in [-0.05, 0) is 67.1 Å². The molecule has 2 heterocycles. The van der Waals surface area contributed by atoms with Crippen LogP contribution in [0.4, 0.5) is 5.69 Å². The van der Waals surface area contributed by atoms with Crippen LogP contribution in [-0.4, -0.2) is 15.9 Å². The Bertz CT molecular complexity index is 1200. The lowest BCUT2D eigenvalue weighted by molar-refractivity contribution is 0.102. The number of hydrogen-bond acceptors (Lipinski definition) is 3. The molecular formula is C25H21N3O. The molecule has 29 heavy (non-hydrogen) atoms. The van der Waals surface area contributed by atoms with E-state index < -0.39 is 0 Å². The maximum Gasteiger partial charge on any atom is 0.256 e. The lowest BCUT2D eigenvalue weighted by Gasteiger charge is -2.20. The van der Waals surface area contributed by atoms with Crippen LogP contribution >= 0.6 is 0 Å². The third-order valence-corrected chi connectivity index (χ3v) is 5.56. The van der Waals surface area contributed by atoms with E-state index in [1.165, 1.54) is 24.0 Å². The number of amides is 1. The zero-order valence-electron chi connectivity index (χ0n) is 16.1. The minimum Gasteiger partial charge on any atom is -0.322 e. The Labute approximate surface area is 169 Å². The number of benzene rings is 2. The fourth-order valence-electron chi connectivity index (χ4n) is 4.11. The number of aryl methyl sites for hydroxylation is 1. The number of nitrogens with one attached hydrogen (secondary N) is 1. The van der Waals surface area contributed by atoms with Crippen LogP contribution in [0, 0.1) is 0 Å². The third-order valence-electron chi connectivity index (χ3n) is 5.56. The molecule has 0 radical (unpaired) electrons. The highest BCUT2D eigenvalue weighted by Gasteiger charge is 2.18. The molecule has 1 aliphatic carbocycles. The van der Waals surface area contributed by atoms with Gasteiger partial charge in [-0.15, -0.1) is 0 Å². The maximum atomic E-state index is 13.3. The maximum absolute atomic E-state index is 13.3. The first-order valence-electron chi connectivity index (χ1n) is 10.0. The van der Waals surface area contributed by atoms with Gasteiger partial charge in [-0.2, -0.15) is 0 Å². The number of fused-ring (bicyclic) bond motifs is 2. The summed E-state index contributed by atoms with van der Waals surface area (Å²) in [6.45, 7) is 0. The number of carbonyl (C=O) groups excluding carboxylic acids is 1. The summed E-state index contributed by atoms with van der Waals surface area (Å²) < 4.78 is 0.